The number of rotatable bonds is 6. The third-order valence-electron chi connectivity index (χ3n) is 5.79. The van der Waals surface area contributed by atoms with Crippen molar-refractivity contribution in [2.75, 3.05) is 6.54 Å². The van der Waals surface area contributed by atoms with Gasteiger partial charge in [-0.05, 0) is 54.2 Å². The highest BCUT2D eigenvalue weighted by molar-refractivity contribution is 7.14. The van der Waals surface area contributed by atoms with Crippen molar-refractivity contribution in [3.63, 3.8) is 0 Å². The van der Waals surface area contributed by atoms with Crippen molar-refractivity contribution in [2.24, 2.45) is 4.99 Å². The lowest BCUT2D eigenvalue weighted by atomic mass is 10.0. The van der Waals surface area contributed by atoms with E-state index in [1.54, 1.807) is 24.3 Å². The van der Waals surface area contributed by atoms with Crippen LogP contribution < -0.4 is 0 Å². The Labute approximate surface area is 188 Å². The first-order valence-electron chi connectivity index (χ1n) is 10.4. The normalized spacial score (nSPS) is 13.3. The third kappa shape index (κ3) is 3.85. The molecule has 2 aromatic heterocycles. The molecule has 4 aromatic rings. The lowest BCUT2D eigenvalue weighted by molar-refractivity contribution is 0.100. The number of aromatic nitrogens is 4. The molecule has 0 amide bonds. The molecule has 160 valence electrons. The van der Waals surface area contributed by atoms with Crippen molar-refractivity contribution >= 4 is 22.8 Å². The molecule has 32 heavy (non-hydrogen) atoms. The lowest BCUT2D eigenvalue weighted by Gasteiger charge is -2.05. The number of aromatic amines is 1. The lowest BCUT2D eigenvalue weighted by Crippen LogP contribution is -2.06. The molecule has 0 saturated heterocycles. The van der Waals surface area contributed by atoms with E-state index in [-0.39, 0.29) is 18.1 Å². The van der Waals surface area contributed by atoms with E-state index >= 15 is 0 Å². The summed E-state index contributed by atoms with van der Waals surface area (Å²) >= 11 is 1.50. The summed E-state index contributed by atoms with van der Waals surface area (Å²) in [6.45, 7) is 1.83. The maximum absolute atomic E-state index is 12.6. The Morgan fingerprint density at radius 2 is 1.91 bits per heavy atom. The van der Waals surface area contributed by atoms with E-state index in [0.29, 0.717) is 22.7 Å². The van der Waals surface area contributed by atoms with Crippen LogP contribution in [0.1, 0.15) is 40.4 Å². The number of hydrogen-bond acceptors (Lipinski definition) is 7. The third-order valence-corrected chi connectivity index (χ3v) is 6.80. The van der Waals surface area contributed by atoms with E-state index in [1.165, 1.54) is 28.9 Å². The van der Waals surface area contributed by atoms with E-state index in [0.717, 1.165) is 28.8 Å². The number of nitrogens with one attached hydrogen (secondary N) is 1. The number of thiophene rings is 1. The summed E-state index contributed by atoms with van der Waals surface area (Å²) in [6.07, 6.45) is 3.43. The second kappa shape index (κ2) is 8.47. The minimum absolute atomic E-state index is 0.0108. The first-order valence-corrected chi connectivity index (χ1v) is 11.3. The number of H-pyrrole nitrogens is 1. The number of aliphatic imine (C=N–C) groups is 1. The highest BCUT2D eigenvalue weighted by Crippen LogP contribution is 2.40. The molecule has 2 N–H and O–H groups in total. The molecule has 0 unspecified atom stereocenters. The maximum atomic E-state index is 12.6. The molecule has 0 spiro atoms. The number of hydrogen-bond donors (Lipinski definition) is 2. The predicted molar refractivity (Wildman–Crippen MR) is 124 cm³/mol. The summed E-state index contributed by atoms with van der Waals surface area (Å²) < 4.78 is 0. The zero-order chi connectivity index (χ0) is 22.1. The first kappa shape index (κ1) is 20.3. The topological polar surface area (TPSA) is 104 Å². The highest BCUT2D eigenvalue weighted by Gasteiger charge is 2.18. The number of fused-ring (bicyclic) bond motifs is 1. The van der Waals surface area contributed by atoms with Gasteiger partial charge in [0.05, 0.1) is 4.88 Å². The predicted octanol–water partition coefficient (Wildman–Crippen LogP) is 4.48. The number of carbonyl (C=O) groups excluding carboxylic acids is 1. The fourth-order valence-electron chi connectivity index (χ4n) is 3.98. The zero-order valence-electron chi connectivity index (χ0n) is 17.5. The van der Waals surface area contributed by atoms with Gasteiger partial charge in [-0.2, -0.15) is 5.21 Å². The van der Waals surface area contributed by atoms with Gasteiger partial charge in [-0.25, -0.2) is 0 Å². The van der Waals surface area contributed by atoms with E-state index < -0.39 is 0 Å². The van der Waals surface area contributed by atoms with Gasteiger partial charge < -0.3 is 5.11 Å². The van der Waals surface area contributed by atoms with Crippen molar-refractivity contribution in [1.82, 2.24) is 20.6 Å². The van der Waals surface area contributed by atoms with Gasteiger partial charge in [0.25, 0.3) is 0 Å². The summed E-state index contributed by atoms with van der Waals surface area (Å²) in [5.74, 6) is 0.605. The molecule has 0 atom stereocenters. The molecule has 0 radical (unpaired) electrons. The van der Waals surface area contributed by atoms with Gasteiger partial charge in [-0.1, -0.05) is 36.4 Å². The SMILES string of the molecule is CC(=NCC(=O)c1ccc(-c2nn[nH]n2)cc1)c1csc(-c2ccc3c(c2)CCC3)c1O. The number of carbonyl (C=O) groups is 1. The summed E-state index contributed by atoms with van der Waals surface area (Å²) in [5, 5.41) is 26.5. The maximum Gasteiger partial charge on any atom is 0.204 e. The van der Waals surface area contributed by atoms with Crippen LogP contribution in [0, 0.1) is 0 Å². The number of aromatic hydroxyl groups is 1. The molecule has 7 nitrogen and oxygen atoms in total. The number of ketones is 1. The smallest absolute Gasteiger partial charge is 0.204 e. The van der Waals surface area contributed by atoms with Crippen molar-refractivity contribution in [1.29, 1.82) is 0 Å². The molecule has 1 aliphatic carbocycles. The van der Waals surface area contributed by atoms with Crippen molar-refractivity contribution in [2.45, 2.75) is 26.2 Å². The molecule has 0 aliphatic heterocycles. The number of aryl methyl sites for hydroxylation is 2. The zero-order valence-corrected chi connectivity index (χ0v) is 18.3. The quantitative estimate of drug-likeness (QED) is 0.338. The Balaban J connectivity index is 1.31. The first-order chi connectivity index (χ1) is 15.6. The average molecular weight is 444 g/mol. The largest absolute Gasteiger partial charge is 0.506 e. The Morgan fingerprint density at radius 1 is 1.12 bits per heavy atom. The van der Waals surface area contributed by atoms with Gasteiger partial charge >= 0.3 is 0 Å². The molecule has 2 heterocycles. The molecule has 2 aromatic carbocycles. The van der Waals surface area contributed by atoms with Crippen LogP contribution in [0.4, 0.5) is 0 Å². The summed E-state index contributed by atoms with van der Waals surface area (Å²) in [7, 11) is 0. The standard InChI is InChI=1S/C24H21N5O2S/c1-14(25-12-21(30)16-6-8-17(9-7-16)24-26-28-29-27-24)20-13-32-23(22(20)31)19-10-5-15-3-2-4-18(15)11-19/h5-11,13,31H,2-4,12H2,1H3,(H,26,27,28,29). The second-order valence-electron chi connectivity index (χ2n) is 7.80. The van der Waals surface area contributed by atoms with Crippen molar-refractivity contribution in [3.8, 4) is 27.6 Å². The van der Waals surface area contributed by atoms with E-state index in [9.17, 15) is 9.90 Å². The summed E-state index contributed by atoms with van der Waals surface area (Å²) in [5.41, 5.74) is 6.46. The number of tetrazole rings is 1. The van der Waals surface area contributed by atoms with Crippen LogP contribution in [0.15, 0.2) is 52.8 Å². The fraction of sp³-hybridized carbons (Fsp3) is 0.208. The molecule has 5 rings (SSSR count). The summed E-state index contributed by atoms with van der Waals surface area (Å²) in [4.78, 5) is 17.9. The minimum Gasteiger partial charge on any atom is -0.506 e. The van der Waals surface area contributed by atoms with Gasteiger partial charge in [0.2, 0.25) is 5.82 Å². The summed E-state index contributed by atoms with van der Waals surface area (Å²) in [6, 6.07) is 13.4. The van der Waals surface area contributed by atoms with Gasteiger partial charge in [0.15, 0.2) is 5.78 Å². The van der Waals surface area contributed by atoms with Crippen LogP contribution in [0.3, 0.4) is 0 Å². The average Bonchev–Trinajstić information content (AvgIpc) is 3.57. The number of benzene rings is 2. The molecule has 1 aliphatic rings. The Morgan fingerprint density at radius 3 is 2.69 bits per heavy atom. The van der Waals surface area contributed by atoms with Gasteiger partial charge in [-0.3, -0.25) is 9.79 Å². The van der Waals surface area contributed by atoms with Crippen LogP contribution in [0.5, 0.6) is 5.75 Å². The van der Waals surface area contributed by atoms with E-state index in [1.807, 2.05) is 12.3 Å². The molecule has 0 fully saturated rings. The van der Waals surface area contributed by atoms with Gasteiger partial charge in [0, 0.05) is 27.8 Å². The number of nitrogens with zero attached hydrogens (tertiary/aromatic N) is 4. The molecule has 0 saturated carbocycles. The molecule has 0 bridgehead atoms. The van der Waals surface area contributed by atoms with Crippen LogP contribution >= 0.6 is 11.3 Å². The van der Waals surface area contributed by atoms with Crippen LogP contribution in [0.25, 0.3) is 21.8 Å². The Bertz CT molecular complexity index is 1310. The van der Waals surface area contributed by atoms with Crippen LogP contribution in [0.2, 0.25) is 0 Å². The molecular weight excluding hydrogens is 422 g/mol. The van der Waals surface area contributed by atoms with Crippen molar-refractivity contribution in [3.05, 3.63) is 70.1 Å². The van der Waals surface area contributed by atoms with Crippen LogP contribution in [-0.2, 0) is 12.8 Å². The number of Topliss-reactive ketones (excluding diaryl/α,β-unsaturated/α-hetero) is 1. The highest BCUT2D eigenvalue weighted by atomic mass is 32.1. The monoisotopic (exact) mass is 443 g/mol. The van der Waals surface area contributed by atoms with Crippen molar-refractivity contribution < 1.29 is 9.90 Å². The Kier molecular flexibility index (Phi) is 5.36. The fourth-order valence-corrected chi connectivity index (χ4v) is 4.98. The van der Waals surface area contributed by atoms with E-state index in [2.05, 4.69) is 43.8 Å². The molecule has 8 heteroatoms. The van der Waals surface area contributed by atoms with Gasteiger partial charge in [-0.15, -0.1) is 21.5 Å². The Hall–Kier alpha value is -3.65. The van der Waals surface area contributed by atoms with Gasteiger partial charge in [0.1, 0.15) is 12.3 Å². The van der Waals surface area contributed by atoms with E-state index in [4.69, 9.17) is 0 Å². The molecular formula is C24H21N5O2S. The van der Waals surface area contributed by atoms with Crippen LogP contribution in [-0.4, -0.2) is 43.8 Å². The minimum atomic E-state index is -0.0995. The second-order valence-corrected chi connectivity index (χ2v) is 8.68.